The van der Waals surface area contributed by atoms with E-state index < -0.39 is 0 Å². The Morgan fingerprint density at radius 1 is 1.14 bits per heavy atom. The van der Waals surface area contributed by atoms with E-state index in [2.05, 4.69) is 10.6 Å². The number of aliphatic hydroxyl groups excluding tert-OH is 1. The van der Waals surface area contributed by atoms with Crippen LogP contribution in [0.15, 0.2) is 12.2 Å². The molecule has 118 valence electrons. The maximum atomic E-state index is 11.7. The van der Waals surface area contributed by atoms with Crippen molar-refractivity contribution in [2.24, 2.45) is 11.8 Å². The molecule has 2 atom stereocenters. The lowest BCUT2D eigenvalue weighted by Gasteiger charge is -2.13. The van der Waals surface area contributed by atoms with Gasteiger partial charge in [0.15, 0.2) is 0 Å². The molecule has 2 amide bonds. The van der Waals surface area contributed by atoms with Crippen LogP contribution < -0.4 is 10.6 Å². The lowest BCUT2D eigenvalue weighted by Crippen LogP contribution is -2.41. The quantitative estimate of drug-likeness (QED) is 0.616. The van der Waals surface area contributed by atoms with Gasteiger partial charge in [0, 0.05) is 25.0 Å². The first-order chi connectivity index (χ1) is 10.2. The van der Waals surface area contributed by atoms with E-state index >= 15 is 0 Å². The predicted molar refractivity (Wildman–Crippen MR) is 80.5 cm³/mol. The number of carbonyl (C=O) groups excluding carboxylic acids is 2. The van der Waals surface area contributed by atoms with Gasteiger partial charge in [0.25, 0.3) is 0 Å². The van der Waals surface area contributed by atoms with Gasteiger partial charge in [-0.25, -0.2) is 0 Å². The van der Waals surface area contributed by atoms with Gasteiger partial charge in [0.05, 0.1) is 6.54 Å². The summed E-state index contributed by atoms with van der Waals surface area (Å²) in [5, 5.41) is 14.5. The molecule has 2 rings (SSSR count). The fourth-order valence-corrected chi connectivity index (χ4v) is 3.18. The number of hydrogen-bond acceptors (Lipinski definition) is 3. The van der Waals surface area contributed by atoms with Gasteiger partial charge in [-0.2, -0.15) is 0 Å². The van der Waals surface area contributed by atoms with E-state index in [1.165, 1.54) is 25.7 Å². The second-order valence-corrected chi connectivity index (χ2v) is 6.20. The monoisotopic (exact) mass is 294 g/mol. The summed E-state index contributed by atoms with van der Waals surface area (Å²) in [6, 6.07) is -0.0231. The maximum absolute atomic E-state index is 11.7. The normalized spacial score (nSPS) is 25.2. The minimum atomic E-state index is -0.169. The van der Waals surface area contributed by atoms with Crippen LogP contribution in [-0.4, -0.2) is 36.1 Å². The zero-order valence-electron chi connectivity index (χ0n) is 12.5. The molecule has 0 aromatic rings. The van der Waals surface area contributed by atoms with Crippen molar-refractivity contribution in [1.29, 1.82) is 0 Å². The van der Waals surface area contributed by atoms with Gasteiger partial charge in [-0.3, -0.25) is 9.59 Å². The second kappa shape index (κ2) is 8.17. The van der Waals surface area contributed by atoms with Gasteiger partial charge < -0.3 is 15.7 Å². The molecule has 0 spiro atoms. The molecule has 0 aromatic heterocycles. The third-order valence-corrected chi connectivity index (χ3v) is 4.45. The number of amides is 2. The van der Waals surface area contributed by atoms with Gasteiger partial charge in [-0.15, -0.1) is 0 Å². The summed E-state index contributed by atoms with van der Waals surface area (Å²) in [6.45, 7) is 0.151. The van der Waals surface area contributed by atoms with Gasteiger partial charge >= 0.3 is 0 Å². The van der Waals surface area contributed by atoms with Crippen molar-refractivity contribution in [3.05, 3.63) is 12.2 Å². The van der Waals surface area contributed by atoms with Crippen LogP contribution in [0.25, 0.3) is 0 Å². The molecule has 21 heavy (non-hydrogen) atoms. The van der Waals surface area contributed by atoms with E-state index in [0.717, 1.165) is 12.8 Å². The van der Waals surface area contributed by atoms with Gasteiger partial charge in [-0.1, -0.05) is 37.8 Å². The Hall–Kier alpha value is -1.36. The second-order valence-electron chi connectivity index (χ2n) is 6.20. The lowest BCUT2D eigenvalue weighted by molar-refractivity contribution is -0.126. The topological polar surface area (TPSA) is 78.4 Å². The zero-order chi connectivity index (χ0) is 15.1. The highest BCUT2D eigenvalue weighted by Gasteiger charge is 2.20. The molecule has 3 N–H and O–H groups in total. The predicted octanol–water partition coefficient (Wildman–Crippen LogP) is 1.13. The first-order valence-corrected chi connectivity index (χ1v) is 8.02. The van der Waals surface area contributed by atoms with Crippen LogP contribution in [-0.2, 0) is 9.59 Å². The molecule has 0 aliphatic heterocycles. The van der Waals surface area contributed by atoms with Gasteiger partial charge in [-0.05, 0) is 18.8 Å². The van der Waals surface area contributed by atoms with Crippen LogP contribution in [0.1, 0.15) is 44.9 Å². The van der Waals surface area contributed by atoms with Gasteiger partial charge in [0.1, 0.15) is 0 Å². The molecule has 0 unspecified atom stereocenters. The van der Waals surface area contributed by atoms with Gasteiger partial charge in [0.2, 0.25) is 11.8 Å². The third kappa shape index (κ3) is 5.50. The standard InChI is InChI=1S/C16H26N2O3/c19-11-13-5-7-14(9-13)18-16(21)10-17-15(20)8-6-12-3-1-2-4-12/h5,7,12-14,19H,1-4,6,8-11H2,(H,17,20)(H,18,21)/t13-,14+/m0/s1. The van der Waals surface area contributed by atoms with E-state index in [1.54, 1.807) is 0 Å². The van der Waals surface area contributed by atoms with Crippen molar-refractivity contribution in [2.75, 3.05) is 13.2 Å². The third-order valence-electron chi connectivity index (χ3n) is 4.45. The Morgan fingerprint density at radius 3 is 2.57 bits per heavy atom. The fourth-order valence-electron chi connectivity index (χ4n) is 3.18. The Kier molecular flexibility index (Phi) is 6.23. The van der Waals surface area contributed by atoms with E-state index in [4.69, 9.17) is 5.11 Å². The molecular formula is C16H26N2O3. The van der Waals surface area contributed by atoms with Crippen LogP contribution >= 0.6 is 0 Å². The summed E-state index contributed by atoms with van der Waals surface area (Å²) in [4.78, 5) is 23.4. The lowest BCUT2D eigenvalue weighted by atomic mass is 10.0. The van der Waals surface area contributed by atoms with Crippen molar-refractivity contribution in [1.82, 2.24) is 10.6 Å². The summed E-state index contributed by atoms with van der Waals surface area (Å²) in [5.41, 5.74) is 0. The number of rotatable bonds is 7. The van der Waals surface area contributed by atoms with Crippen molar-refractivity contribution in [3.8, 4) is 0 Å². The molecule has 0 heterocycles. The summed E-state index contributed by atoms with van der Waals surface area (Å²) in [5.74, 6) is 0.629. The summed E-state index contributed by atoms with van der Waals surface area (Å²) in [6.07, 6.45) is 11.1. The Morgan fingerprint density at radius 2 is 1.90 bits per heavy atom. The molecule has 0 saturated heterocycles. The van der Waals surface area contributed by atoms with Crippen molar-refractivity contribution < 1.29 is 14.7 Å². The molecule has 0 bridgehead atoms. The van der Waals surface area contributed by atoms with Crippen molar-refractivity contribution >= 4 is 11.8 Å². The smallest absolute Gasteiger partial charge is 0.239 e. The minimum absolute atomic E-state index is 0.0231. The molecule has 5 heteroatoms. The molecule has 0 radical (unpaired) electrons. The highest BCUT2D eigenvalue weighted by molar-refractivity contribution is 5.84. The van der Waals surface area contributed by atoms with Crippen LogP contribution in [0, 0.1) is 11.8 Å². The number of aliphatic hydroxyl groups is 1. The molecular weight excluding hydrogens is 268 g/mol. The molecule has 2 aliphatic rings. The van der Waals surface area contributed by atoms with Crippen molar-refractivity contribution in [3.63, 3.8) is 0 Å². The molecule has 1 fully saturated rings. The van der Waals surface area contributed by atoms with Crippen LogP contribution in [0.2, 0.25) is 0 Å². The fraction of sp³-hybridized carbons (Fsp3) is 0.750. The van der Waals surface area contributed by atoms with E-state index in [-0.39, 0.29) is 36.9 Å². The van der Waals surface area contributed by atoms with Crippen LogP contribution in [0.5, 0.6) is 0 Å². The maximum Gasteiger partial charge on any atom is 0.239 e. The highest BCUT2D eigenvalue weighted by Crippen LogP contribution is 2.28. The Bertz CT molecular complexity index is 389. The largest absolute Gasteiger partial charge is 0.396 e. The van der Waals surface area contributed by atoms with Crippen LogP contribution in [0.3, 0.4) is 0 Å². The SMILES string of the molecule is O=C(CCC1CCCC1)NCC(=O)N[C@@H]1C=C[C@H](CO)C1. The summed E-state index contributed by atoms with van der Waals surface area (Å²) < 4.78 is 0. The first kappa shape index (κ1) is 16.0. The Balaban J connectivity index is 1.56. The highest BCUT2D eigenvalue weighted by atomic mass is 16.3. The summed E-state index contributed by atoms with van der Waals surface area (Å²) in [7, 11) is 0. The zero-order valence-corrected chi connectivity index (χ0v) is 12.5. The molecule has 1 saturated carbocycles. The van der Waals surface area contributed by atoms with Crippen LogP contribution in [0.4, 0.5) is 0 Å². The molecule has 0 aromatic carbocycles. The van der Waals surface area contributed by atoms with E-state index in [1.807, 2.05) is 12.2 Å². The first-order valence-electron chi connectivity index (χ1n) is 8.02. The average molecular weight is 294 g/mol. The van der Waals surface area contributed by atoms with E-state index in [9.17, 15) is 9.59 Å². The molecule has 5 nitrogen and oxygen atoms in total. The summed E-state index contributed by atoms with van der Waals surface area (Å²) >= 11 is 0. The number of hydrogen-bond donors (Lipinski definition) is 3. The van der Waals surface area contributed by atoms with Crippen molar-refractivity contribution in [2.45, 2.75) is 51.0 Å². The molecule has 2 aliphatic carbocycles. The number of nitrogens with one attached hydrogen (secondary N) is 2. The average Bonchev–Trinajstić information content (AvgIpc) is 3.14. The Labute approximate surface area is 126 Å². The minimum Gasteiger partial charge on any atom is -0.396 e. The van der Waals surface area contributed by atoms with E-state index in [0.29, 0.717) is 12.3 Å². The number of carbonyl (C=O) groups is 2.